The van der Waals surface area contributed by atoms with Crippen LogP contribution in [-0.4, -0.2) is 91.7 Å². The van der Waals surface area contributed by atoms with E-state index in [9.17, 15) is 30.4 Å². The smallest absolute Gasteiger partial charge is 0.309 e. The van der Waals surface area contributed by atoms with Crippen molar-refractivity contribution in [2.75, 3.05) is 7.11 Å². The van der Waals surface area contributed by atoms with Gasteiger partial charge in [-0.15, -0.1) is 11.8 Å². The first kappa shape index (κ1) is 44.3. The standard InChI is InChI=1S/C30H55NO9.C4H6.C2H6/c1-11-23-30(9,36)25(32)19(5)24(31-37)17(3)14-28(7,35)13-16(2)22(18(4)27(34)40-23)12-21-15-29(8,38-10)26(33)20(6)39-21;1-3-4-2;1-2/h16-23,25-26,32-33,35-37H,11-15H2,1-10H3;1-2H3;1-2H3/b31-24+;;/t16-,17-,18-,19?,20?,21+,22+,23-,25?,26+,28+,29-,30-;;/m1../s1. The highest BCUT2D eigenvalue weighted by Gasteiger charge is 2.49. The largest absolute Gasteiger partial charge is 0.459 e. The molecule has 0 aromatic heterocycles. The summed E-state index contributed by atoms with van der Waals surface area (Å²) in [5.41, 5.74) is -3.56. The molecule has 2 fully saturated rings. The van der Waals surface area contributed by atoms with Crippen LogP contribution in [0, 0.1) is 41.4 Å². The Labute approximate surface area is 279 Å². The Morgan fingerprint density at radius 3 is 1.93 bits per heavy atom. The molecule has 2 aliphatic heterocycles. The third kappa shape index (κ3) is 11.5. The fraction of sp³-hybridized carbons (Fsp3) is 0.889. The average molecular weight is 658 g/mol. The summed E-state index contributed by atoms with van der Waals surface area (Å²) >= 11 is 0. The molecule has 2 heterocycles. The zero-order valence-corrected chi connectivity index (χ0v) is 31.1. The average Bonchev–Trinajstić information content (AvgIpc) is 3.00. The quantitative estimate of drug-likeness (QED) is 0.116. The monoisotopic (exact) mass is 657 g/mol. The molecule has 0 saturated carbocycles. The van der Waals surface area contributed by atoms with Gasteiger partial charge in [-0.1, -0.05) is 53.6 Å². The summed E-state index contributed by atoms with van der Waals surface area (Å²) in [6.45, 7) is 23.5. The second kappa shape index (κ2) is 19.3. The van der Waals surface area contributed by atoms with E-state index in [1.807, 2.05) is 48.5 Å². The van der Waals surface area contributed by atoms with E-state index in [1.54, 1.807) is 41.7 Å². The van der Waals surface area contributed by atoms with Gasteiger partial charge in [0, 0.05) is 25.4 Å². The lowest BCUT2D eigenvalue weighted by Gasteiger charge is -2.46. The predicted octanol–water partition coefficient (Wildman–Crippen LogP) is 5.35. The molecule has 13 atom stereocenters. The molecule has 3 unspecified atom stereocenters. The summed E-state index contributed by atoms with van der Waals surface area (Å²) < 4.78 is 17.7. The highest BCUT2D eigenvalue weighted by Crippen LogP contribution is 2.41. The minimum absolute atomic E-state index is 0.148. The van der Waals surface area contributed by atoms with Crippen molar-refractivity contribution in [3.05, 3.63) is 0 Å². The topological polar surface area (TPSA) is 158 Å². The van der Waals surface area contributed by atoms with E-state index in [0.29, 0.717) is 19.3 Å². The minimum atomic E-state index is -1.83. The van der Waals surface area contributed by atoms with Crippen molar-refractivity contribution in [2.45, 2.75) is 169 Å². The number of nitrogens with zero attached hydrogens (tertiary/aromatic N) is 1. The van der Waals surface area contributed by atoms with Gasteiger partial charge in [-0.3, -0.25) is 4.79 Å². The number of oxime groups is 1. The normalized spacial score (nSPS) is 43.3. The van der Waals surface area contributed by atoms with Crippen LogP contribution in [0.25, 0.3) is 0 Å². The number of ether oxygens (including phenoxy) is 3. The van der Waals surface area contributed by atoms with E-state index < -0.39 is 64.9 Å². The van der Waals surface area contributed by atoms with Crippen LogP contribution in [0.3, 0.4) is 0 Å². The molecule has 0 aliphatic carbocycles. The van der Waals surface area contributed by atoms with Crippen molar-refractivity contribution in [1.82, 2.24) is 0 Å². The van der Waals surface area contributed by atoms with Gasteiger partial charge in [-0.25, -0.2) is 0 Å². The number of carbonyl (C=O) groups is 1. The molecular weight excluding hydrogens is 590 g/mol. The Morgan fingerprint density at radius 1 is 0.935 bits per heavy atom. The van der Waals surface area contributed by atoms with Gasteiger partial charge in [-0.2, -0.15) is 0 Å². The van der Waals surface area contributed by atoms with Crippen molar-refractivity contribution in [2.24, 2.45) is 34.7 Å². The second-order valence-corrected chi connectivity index (χ2v) is 13.9. The molecule has 2 rings (SSSR count). The van der Waals surface area contributed by atoms with E-state index in [1.165, 1.54) is 6.92 Å². The molecule has 0 radical (unpaired) electrons. The molecule has 5 N–H and O–H groups in total. The van der Waals surface area contributed by atoms with E-state index in [4.69, 9.17) is 14.2 Å². The summed E-state index contributed by atoms with van der Waals surface area (Å²) in [6, 6.07) is 0. The van der Waals surface area contributed by atoms with Crippen LogP contribution in [0.15, 0.2) is 5.16 Å². The second-order valence-electron chi connectivity index (χ2n) is 13.9. The lowest BCUT2D eigenvalue weighted by Crippen LogP contribution is -2.57. The first-order valence-corrected chi connectivity index (χ1v) is 17.0. The first-order valence-electron chi connectivity index (χ1n) is 17.0. The summed E-state index contributed by atoms with van der Waals surface area (Å²) in [5, 5.41) is 58.1. The Bertz CT molecular complexity index is 997. The molecule has 0 aromatic carbocycles. The molecule has 2 saturated heterocycles. The molecular formula is C36H67NO9. The van der Waals surface area contributed by atoms with Crippen LogP contribution >= 0.6 is 0 Å². The maximum atomic E-state index is 13.6. The molecule has 10 heteroatoms. The molecule has 0 bridgehead atoms. The van der Waals surface area contributed by atoms with Gasteiger partial charge in [-0.05, 0) is 79.1 Å². The van der Waals surface area contributed by atoms with Crippen molar-refractivity contribution in [3.63, 3.8) is 0 Å². The number of hydrogen-bond donors (Lipinski definition) is 5. The van der Waals surface area contributed by atoms with Crippen LogP contribution in [-0.2, 0) is 19.0 Å². The molecule has 0 amide bonds. The predicted molar refractivity (Wildman–Crippen MR) is 181 cm³/mol. The molecule has 270 valence electrons. The third-order valence-corrected chi connectivity index (χ3v) is 10.1. The SMILES string of the molecule is CC.CC#CC.CC[C@H]1OC(=O)[C@H](C)[C@@H](C[C@H]2C[C@@](C)(OC)[C@@H](O)C(C)O2)[C@H](C)C[C@](C)(O)C[C@@H](C)/C(=N\O)C(C)C(O)[C@]1(C)O. The highest BCUT2D eigenvalue weighted by molar-refractivity contribution is 5.88. The number of aliphatic hydroxyl groups excluding tert-OH is 2. The number of esters is 1. The fourth-order valence-corrected chi connectivity index (χ4v) is 7.30. The molecule has 10 nitrogen and oxygen atoms in total. The van der Waals surface area contributed by atoms with Crippen molar-refractivity contribution < 1.29 is 44.6 Å². The maximum absolute atomic E-state index is 13.6. The van der Waals surface area contributed by atoms with Crippen LogP contribution in [0.1, 0.15) is 122 Å². The highest BCUT2D eigenvalue weighted by atomic mass is 16.6. The third-order valence-electron chi connectivity index (χ3n) is 10.1. The molecule has 0 spiro atoms. The Morgan fingerprint density at radius 2 is 1.48 bits per heavy atom. The first-order chi connectivity index (χ1) is 21.3. The van der Waals surface area contributed by atoms with E-state index >= 15 is 0 Å². The molecule has 0 aromatic rings. The summed E-state index contributed by atoms with van der Waals surface area (Å²) in [5.74, 6) is 2.65. The van der Waals surface area contributed by atoms with Crippen LogP contribution in [0.2, 0.25) is 0 Å². The zero-order valence-electron chi connectivity index (χ0n) is 31.1. The number of hydrogen-bond acceptors (Lipinski definition) is 10. The Balaban J connectivity index is 0.00000312. The fourth-order valence-electron chi connectivity index (χ4n) is 7.30. The zero-order chi connectivity index (χ0) is 36.2. The molecule has 46 heavy (non-hydrogen) atoms. The van der Waals surface area contributed by atoms with E-state index in [0.717, 1.165) is 0 Å². The van der Waals surface area contributed by atoms with Gasteiger partial charge >= 0.3 is 5.97 Å². The number of carbonyl (C=O) groups excluding carboxylic acids is 1. The summed E-state index contributed by atoms with van der Waals surface area (Å²) in [4.78, 5) is 13.6. The Kier molecular flexibility index (Phi) is 18.6. The van der Waals surface area contributed by atoms with E-state index in [-0.39, 0.29) is 36.5 Å². The summed E-state index contributed by atoms with van der Waals surface area (Å²) in [7, 11) is 1.57. The van der Waals surface area contributed by atoms with Gasteiger partial charge in [0.1, 0.15) is 17.8 Å². The van der Waals surface area contributed by atoms with E-state index in [2.05, 4.69) is 17.0 Å². The molecule has 2 aliphatic rings. The van der Waals surface area contributed by atoms with Gasteiger partial charge in [0.2, 0.25) is 0 Å². The van der Waals surface area contributed by atoms with Crippen molar-refractivity contribution in [3.8, 4) is 11.8 Å². The Hall–Kier alpha value is -1.74. The summed E-state index contributed by atoms with van der Waals surface area (Å²) in [6.07, 6.45) is -2.21. The number of methoxy groups -OCH3 is 1. The van der Waals surface area contributed by atoms with Crippen molar-refractivity contribution in [1.29, 1.82) is 0 Å². The van der Waals surface area contributed by atoms with Gasteiger partial charge in [0.25, 0.3) is 0 Å². The van der Waals surface area contributed by atoms with Crippen LogP contribution in [0.4, 0.5) is 0 Å². The van der Waals surface area contributed by atoms with Gasteiger partial charge in [0.05, 0.1) is 41.1 Å². The lowest BCUT2D eigenvalue weighted by atomic mass is 9.71. The van der Waals surface area contributed by atoms with Crippen LogP contribution < -0.4 is 0 Å². The van der Waals surface area contributed by atoms with Crippen molar-refractivity contribution >= 4 is 11.7 Å². The van der Waals surface area contributed by atoms with Gasteiger partial charge < -0.3 is 39.8 Å². The number of cyclic esters (lactones) is 1. The van der Waals surface area contributed by atoms with Crippen LogP contribution in [0.5, 0.6) is 0 Å². The maximum Gasteiger partial charge on any atom is 0.309 e. The van der Waals surface area contributed by atoms with Gasteiger partial charge in [0.15, 0.2) is 0 Å². The number of rotatable bonds is 4. The number of aliphatic hydroxyl groups is 4. The minimum Gasteiger partial charge on any atom is -0.459 e. The lowest BCUT2D eigenvalue weighted by molar-refractivity contribution is -0.219.